The van der Waals surface area contributed by atoms with Gasteiger partial charge in [-0.2, -0.15) is 0 Å². The van der Waals surface area contributed by atoms with Crippen LogP contribution in [0, 0.1) is 0 Å². The molecule has 0 saturated carbocycles. The van der Waals surface area contributed by atoms with Crippen molar-refractivity contribution in [3.8, 4) is 0 Å². The predicted octanol–water partition coefficient (Wildman–Crippen LogP) is 3.53. The summed E-state index contributed by atoms with van der Waals surface area (Å²) in [5, 5.41) is 4.36. The summed E-state index contributed by atoms with van der Waals surface area (Å²) in [4.78, 5) is 27.6. The van der Waals surface area contributed by atoms with E-state index in [-0.39, 0.29) is 5.56 Å². The van der Waals surface area contributed by atoms with Crippen molar-refractivity contribution in [2.45, 2.75) is 0 Å². The van der Waals surface area contributed by atoms with Crippen LogP contribution in [0.5, 0.6) is 0 Å². The fourth-order valence-corrected chi connectivity index (χ4v) is 2.60. The maximum absolute atomic E-state index is 12.5. The number of carbonyl (C=O) groups excluding carboxylic acids is 1. The van der Waals surface area contributed by atoms with Crippen molar-refractivity contribution in [3.05, 3.63) is 76.8 Å². The first-order valence-electron chi connectivity index (χ1n) is 7.13. The summed E-state index contributed by atoms with van der Waals surface area (Å²) in [6.07, 6.45) is 1.80. The molecule has 0 aliphatic heterocycles. The van der Waals surface area contributed by atoms with Gasteiger partial charge in [-0.3, -0.25) is 4.79 Å². The third-order valence-corrected chi connectivity index (χ3v) is 3.73. The van der Waals surface area contributed by atoms with Crippen LogP contribution in [-0.2, 0) is 0 Å². The molecule has 2 heterocycles. The normalized spacial score (nSPS) is 11.0. The second-order valence-electron chi connectivity index (χ2n) is 5.18. The van der Waals surface area contributed by atoms with Crippen molar-refractivity contribution < 1.29 is 9.21 Å². The Hall–Kier alpha value is -3.34. The standard InChI is InChI=1S/C18H12N2O3/c21-17(20-15-6-3-5-14-12(15)8-9-19-14)13-10-11-4-1-2-7-16(11)23-18(13)22/h1-10,19H,(H,20,21). The summed E-state index contributed by atoms with van der Waals surface area (Å²) in [7, 11) is 0. The van der Waals surface area contributed by atoms with Gasteiger partial charge in [-0.15, -0.1) is 0 Å². The van der Waals surface area contributed by atoms with Gasteiger partial charge in [0.2, 0.25) is 0 Å². The molecule has 0 fully saturated rings. The Bertz CT molecular complexity index is 1090. The summed E-state index contributed by atoms with van der Waals surface area (Å²) < 4.78 is 5.20. The van der Waals surface area contributed by atoms with E-state index in [0.717, 1.165) is 10.9 Å². The Morgan fingerprint density at radius 2 is 1.91 bits per heavy atom. The minimum atomic E-state index is -0.651. The van der Waals surface area contributed by atoms with Gasteiger partial charge >= 0.3 is 5.63 Å². The highest BCUT2D eigenvalue weighted by atomic mass is 16.4. The number of H-pyrrole nitrogens is 1. The number of nitrogens with one attached hydrogen (secondary N) is 2. The number of anilines is 1. The lowest BCUT2D eigenvalue weighted by Gasteiger charge is -2.06. The van der Waals surface area contributed by atoms with Gasteiger partial charge in [-0.1, -0.05) is 24.3 Å². The highest BCUT2D eigenvalue weighted by Gasteiger charge is 2.15. The Kier molecular flexibility index (Phi) is 2.98. The average molecular weight is 304 g/mol. The van der Waals surface area contributed by atoms with Gasteiger partial charge in [0.25, 0.3) is 5.91 Å². The van der Waals surface area contributed by atoms with Crippen LogP contribution in [0.1, 0.15) is 10.4 Å². The first-order valence-corrected chi connectivity index (χ1v) is 7.13. The van der Waals surface area contributed by atoms with Gasteiger partial charge in [-0.25, -0.2) is 4.79 Å². The molecule has 0 radical (unpaired) electrons. The fraction of sp³-hybridized carbons (Fsp3) is 0. The summed E-state index contributed by atoms with van der Waals surface area (Å²) >= 11 is 0. The topological polar surface area (TPSA) is 75.1 Å². The molecule has 2 aromatic carbocycles. The van der Waals surface area contributed by atoms with E-state index in [9.17, 15) is 9.59 Å². The SMILES string of the molecule is O=C(Nc1cccc2[nH]ccc12)c1cc2ccccc2oc1=O. The number of rotatable bonds is 2. The molecular formula is C18H12N2O3. The van der Waals surface area contributed by atoms with Crippen LogP contribution in [0.2, 0.25) is 0 Å². The molecule has 2 N–H and O–H groups in total. The molecule has 2 aromatic heterocycles. The molecule has 0 unspecified atom stereocenters. The van der Waals surface area contributed by atoms with Gasteiger partial charge in [0, 0.05) is 22.5 Å². The predicted molar refractivity (Wildman–Crippen MR) is 88.7 cm³/mol. The summed E-state index contributed by atoms with van der Waals surface area (Å²) in [6.45, 7) is 0. The minimum Gasteiger partial charge on any atom is -0.422 e. The molecule has 0 aliphatic carbocycles. The van der Waals surface area contributed by atoms with Gasteiger partial charge in [0.05, 0.1) is 5.69 Å². The maximum Gasteiger partial charge on any atom is 0.349 e. The number of benzene rings is 2. The number of aromatic amines is 1. The van der Waals surface area contributed by atoms with E-state index in [1.165, 1.54) is 0 Å². The lowest BCUT2D eigenvalue weighted by Crippen LogP contribution is -2.20. The number of amides is 1. The molecule has 5 nitrogen and oxygen atoms in total. The highest BCUT2D eigenvalue weighted by molar-refractivity contribution is 6.09. The molecule has 23 heavy (non-hydrogen) atoms. The maximum atomic E-state index is 12.5. The number of carbonyl (C=O) groups is 1. The van der Waals surface area contributed by atoms with Crippen molar-refractivity contribution in [1.29, 1.82) is 0 Å². The van der Waals surface area contributed by atoms with Crippen LogP contribution in [0.25, 0.3) is 21.9 Å². The highest BCUT2D eigenvalue weighted by Crippen LogP contribution is 2.22. The molecule has 4 aromatic rings. The molecular weight excluding hydrogens is 292 g/mol. The fourth-order valence-electron chi connectivity index (χ4n) is 2.60. The van der Waals surface area contributed by atoms with Crippen LogP contribution >= 0.6 is 0 Å². The minimum absolute atomic E-state index is 0.0174. The third kappa shape index (κ3) is 2.28. The van der Waals surface area contributed by atoms with Crippen LogP contribution in [-0.4, -0.2) is 10.9 Å². The smallest absolute Gasteiger partial charge is 0.349 e. The Labute approximate surface area is 130 Å². The monoisotopic (exact) mass is 304 g/mol. The van der Waals surface area contributed by atoms with Gasteiger partial charge in [0.15, 0.2) is 0 Å². The molecule has 1 amide bonds. The van der Waals surface area contributed by atoms with E-state index in [1.54, 1.807) is 36.5 Å². The average Bonchev–Trinajstić information content (AvgIpc) is 3.04. The second-order valence-corrected chi connectivity index (χ2v) is 5.18. The van der Waals surface area contributed by atoms with Crippen molar-refractivity contribution >= 4 is 33.5 Å². The Balaban J connectivity index is 1.76. The van der Waals surface area contributed by atoms with Crippen LogP contribution in [0.4, 0.5) is 5.69 Å². The number of para-hydroxylation sites is 1. The summed E-state index contributed by atoms with van der Waals surface area (Å²) in [5.41, 5.74) is 1.34. The second kappa shape index (κ2) is 5.14. The first kappa shape index (κ1) is 13.3. The zero-order valence-electron chi connectivity index (χ0n) is 12.0. The quantitative estimate of drug-likeness (QED) is 0.556. The van der Waals surface area contributed by atoms with Gasteiger partial charge in [0.1, 0.15) is 11.1 Å². The van der Waals surface area contributed by atoms with Crippen LogP contribution in [0.15, 0.2) is 70.0 Å². The molecule has 0 saturated heterocycles. The van der Waals surface area contributed by atoms with Crippen molar-refractivity contribution in [2.75, 3.05) is 5.32 Å². The van der Waals surface area contributed by atoms with Crippen LogP contribution in [0.3, 0.4) is 0 Å². The molecule has 0 spiro atoms. The summed E-state index contributed by atoms with van der Waals surface area (Å²) in [6, 6.07) is 16.0. The summed E-state index contributed by atoms with van der Waals surface area (Å²) in [5.74, 6) is -0.488. The number of hydrogen-bond acceptors (Lipinski definition) is 3. The molecule has 4 rings (SSSR count). The van der Waals surface area contributed by atoms with Crippen molar-refractivity contribution in [2.24, 2.45) is 0 Å². The molecule has 0 aliphatic rings. The number of aromatic nitrogens is 1. The molecule has 0 atom stereocenters. The lowest BCUT2D eigenvalue weighted by molar-refractivity contribution is 0.102. The lowest BCUT2D eigenvalue weighted by atomic mass is 10.1. The Morgan fingerprint density at radius 3 is 2.83 bits per heavy atom. The van der Waals surface area contributed by atoms with E-state index in [1.807, 2.05) is 24.3 Å². The van der Waals surface area contributed by atoms with E-state index < -0.39 is 11.5 Å². The van der Waals surface area contributed by atoms with Gasteiger partial charge in [-0.05, 0) is 30.3 Å². The van der Waals surface area contributed by atoms with Gasteiger partial charge < -0.3 is 14.7 Å². The van der Waals surface area contributed by atoms with Crippen LogP contribution < -0.4 is 10.9 Å². The van der Waals surface area contributed by atoms with Crippen molar-refractivity contribution in [3.63, 3.8) is 0 Å². The zero-order valence-corrected chi connectivity index (χ0v) is 12.0. The number of fused-ring (bicyclic) bond motifs is 2. The third-order valence-electron chi connectivity index (χ3n) is 3.73. The Morgan fingerprint density at radius 1 is 1.04 bits per heavy atom. The van der Waals surface area contributed by atoms with E-state index in [4.69, 9.17) is 4.42 Å². The molecule has 0 bridgehead atoms. The molecule has 5 heteroatoms. The largest absolute Gasteiger partial charge is 0.422 e. The zero-order chi connectivity index (χ0) is 15.8. The van der Waals surface area contributed by atoms with Crippen molar-refractivity contribution in [1.82, 2.24) is 4.98 Å². The van der Waals surface area contributed by atoms with E-state index in [2.05, 4.69) is 10.3 Å². The first-order chi connectivity index (χ1) is 11.2. The molecule has 112 valence electrons. The van der Waals surface area contributed by atoms with E-state index in [0.29, 0.717) is 16.7 Å². The number of hydrogen-bond donors (Lipinski definition) is 2. The van der Waals surface area contributed by atoms with E-state index >= 15 is 0 Å².